The molecule has 0 amide bonds. The molecule has 2 heteroatoms. The standard InChI is InChI=1S/C17H17NO/c1-2-3-6-13-9-12(11-19)10-15-14-7-4-5-8-16(14)18-17(13)15/h4-5,7-11,18H,2-3,6H2,1H3. The Morgan fingerprint density at radius 3 is 2.79 bits per heavy atom. The fourth-order valence-electron chi connectivity index (χ4n) is 2.68. The Morgan fingerprint density at radius 1 is 1.16 bits per heavy atom. The third-order valence-corrected chi connectivity index (χ3v) is 3.66. The van der Waals surface area contributed by atoms with Crippen LogP contribution in [0.1, 0.15) is 35.7 Å². The number of carbonyl (C=O) groups is 1. The second kappa shape index (κ2) is 4.88. The molecule has 0 unspecified atom stereocenters. The first-order valence-electron chi connectivity index (χ1n) is 6.82. The van der Waals surface area contributed by atoms with E-state index >= 15 is 0 Å². The van der Waals surface area contributed by atoms with Crippen molar-refractivity contribution in [2.24, 2.45) is 0 Å². The van der Waals surface area contributed by atoms with Crippen LogP contribution in [0.3, 0.4) is 0 Å². The normalized spacial score (nSPS) is 11.2. The van der Waals surface area contributed by atoms with Crippen LogP contribution in [0.5, 0.6) is 0 Å². The van der Waals surface area contributed by atoms with Crippen LogP contribution in [0.2, 0.25) is 0 Å². The molecule has 96 valence electrons. The van der Waals surface area contributed by atoms with E-state index in [0.29, 0.717) is 0 Å². The second-order valence-corrected chi connectivity index (χ2v) is 4.99. The van der Waals surface area contributed by atoms with Gasteiger partial charge >= 0.3 is 0 Å². The van der Waals surface area contributed by atoms with Gasteiger partial charge < -0.3 is 4.98 Å². The summed E-state index contributed by atoms with van der Waals surface area (Å²) >= 11 is 0. The maximum Gasteiger partial charge on any atom is 0.150 e. The van der Waals surface area contributed by atoms with Crippen molar-refractivity contribution in [3.63, 3.8) is 0 Å². The summed E-state index contributed by atoms with van der Waals surface area (Å²) in [5.74, 6) is 0. The molecular formula is C17H17NO. The predicted molar refractivity (Wildman–Crippen MR) is 79.8 cm³/mol. The second-order valence-electron chi connectivity index (χ2n) is 4.99. The number of H-pyrrole nitrogens is 1. The lowest BCUT2D eigenvalue weighted by Gasteiger charge is -2.04. The number of aryl methyl sites for hydroxylation is 1. The Labute approximate surface area is 112 Å². The maximum atomic E-state index is 11.1. The number of rotatable bonds is 4. The smallest absolute Gasteiger partial charge is 0.150 e. The van der Waals surface area contributed by atoms with E-state index in [9.17, 15) is 4.79 Å². The van der Waals surface area contributed by atoms with E-state index in [4.69, 9.17) is 0 Å². The first kappa shape index (κ1) is 12.0. The van der Waals surface area contributed by atoms with Gasteiger partial charge in [0.05, 0.1) is 0 Å². The number of hydrogen-bond acceptors (Lipinski definition) is 1. The number of carbonyl (C=O) groups excluding carboxylic acids is 1. The van der Waals surface area contributed by atoms with E-state index in [1.165, 1.54) is 16.5 Å². The zero-order chi connectivity index (χ0) is 13.2. The highest BCUT2D eigenvalue weighted by Crippen LogP contribution is 2.29. The number of hydrogen-bond donors (Lipinski definition) is 1. The molecule has 3 aromatic rings. The third-order valence-electron chi connectivity index (χ3n) is 3.66. The fourth-order valence-corrected chi connectivity index (χ4v) is 2.68. The summed E-state index contributed by atoms with van der Waals surface area (Å²) in [5.41, 5.74) is 4.33. The van der Waals surface area contributed by atoms with Gasteiger partial charge in [0.25, 0.3) is 0 Å². The van der Waals surface area contributed by atoms with Crippen LogP contribution in [-0.2, 0) is 6.42 Å². The van der Waals surface area contributed by atoms with Gasteiger partial charge in [-0.15, -0.1) is 0 Å². The largest absolute Gasteiger partial charge is 0.354 e. The van der Waals surface area contributed by atoms with Crippen LogP contribution in [0, 0.1) is 0 Å². The van der Waals surface area contributed by atoms with Crippen molar-refractivity contribution in [3.8, 4) is 0 Å². The quantitative estimate of drug-likeness (QED) is 0.681. The molecule has 1 heterocycles. The molecule has 2 nitrogen and oxygen atoms in total. The topological polar surface area (TPSA) is 32.9 Å². The molecule has 0 spiro atoms. The van der Waals surface area contributed by atoms with E-state index < -0.39 is 0 Å². The molecule has 0 fully saturated rings. The number of unbranched alkanes of at least 4 members (excludes halogenated alkanes) is 1. The zero-order valence-electron chi connectivity index (χ0n) is 11.1. The van der Waals surface area contributed by atoms with Gasteiger partial charge in [-0.1, -0.05) is 31.5 Å². The molecule has 2 aromatic carbocycles. The zero-order valence-corrected chi connectivity index (χ0v) is 11.1. The molecule has 0 radical (unpaired) electrons. The molecule has 0 aliphatic heterocycles. The molecule has 19 heavy (non-hydrogen) atoms. The Bertz CT molecular complexity index is 739. The van der Waals surface area contributed by atoms with E-state index in [0.717, 1.165) is 42.0 Å². The van der Waals surface area contributed by atoms with Crippen LogP contribution < -0.4 is 0 Å². The summed E-state index contributed by atoms with van der Waals surface area (Å²) in [7, 11) is 0. The van der Waals surface area contributed by atoms with Crippen molar-refractivity contribution in [1.29, 1.82) is 0 Å². The highest BCUT2D eigenvalue weighted by atomic mass is 16.1. The highest BCUT2D eigenvalue weighted by molar-refractivity contribution is 6.09. The van der Waals surface area contributed by atoms with E-state index in [1.54, 1.807) is 0 Å². The van der Waals surface area contributed by atoms with Gasteiger partial charge in [0, 0.05) is 27.4 Å². The van der Waals surface area contributed by atoms with E-state index in [2.05, 4.69) is 24.0 Å². The number of aldehydes is 1. The number of benzene rings is 2. The average molecular weight is 251 g/mol. The lowest BCUT2D eigenvalue weighted by atomic mass is 10.0. The van der Waals surface area contributed by atoms with Gasteiger partial charge in [0.1, 0.15) is 6.29 Å². The lowest BCUT2D eigenvalue weighted by molar-refractivity contribution is 0.112. The average Bonchev–Trinajstić information content (AvgIpc) is 2.83. The molecule has 3 rings (SSSR count). The molecule has 0 saturated carbocycles. The van der Waals surface area contributed by atoms with Crippen LogP contribution in [0.4, 0.5) is 0 Å². The molecule has 1 N–H and O–H groups in total. The van der Waals surface area contributed by atoms with Crippen LogP contribution >= 0.6 is 0 Å². The minimum Gasteiger partial charge on any atom is -0.354 e. The highest BCUT2D eigenvalue weighted by Gasteiger charge is 2.09. The van der Waals surface area contributed by atoms with Crippen molar-refractivity contribution < 1.29 is 4.79 Å². The van der Waals surface area contributed by atoms with Gasteiger partial charge in [-0.3, -0.25) is 4.79 Å². The summed E-state index contributed by atoms with van der Waals surface area (Å²) in [5, 5.41) is 2.35. The molecule has 0 saturated heterocycles. The number of fused-ring (bicyclic) bond motifs is 3. The van der Waals surface area contributed by atoms with E-state index in [-0.39, 0.29) is 0 Å². The van der Waals surface area contributed by atoms with Gasteiger partial charge in [-0.25, -0.2) is 0 Å². The Morgan fingerprint density at radius 2 is 2.00 bits per heavy atom. The molecule has 0 aliphatic carbocycles. The number of nitrogens with one attached hydrogen (secondary N) is 1. The summed E-state index contributed by atoms with van der Waals surface area (Å²) in [6.07, 6.45) is 4.26. The molecular weight excluding hydrogens is 234 g/mol. The molecule has 1 aromatic heterocycles. The number of aromatic amines is 1. The van der Waals surface area contributed by atoms with Crippen molar-refractivity contribution in [2.45, 2.75) is 26.2 Å². The summed E-state index contributed by atoms with van der Waals surface area (Å²) in [6.45, 7) is 2.19. The Hall–Kier alpha value is -2.09. The maximum absolute atomic E-state index is 11.1. The van der Waals surface area contributed by atoms with Crippen LogP contribution in [-0.4, -0.2) is 11.3 Å². The molecule has 0 aliphatic rings. The minimum atomic E-state index is 0.767. The summed E-state index contributed by atoms with van der Waals surface area (Å²) in [6, 6.07) is 12.3. The van der Waals surface area contributed by atoms with Crippen molar-refractivity contribution in [2.75, 3.05) is 0 Å². The number of aromatic nitrogens is 1. The fraction of sp³-hybridized carbons (Fsp3) is 0.235. The SMILES string of the molecule is CCCCc1cc(C=O)cc2c1[nH]c1ccccc12. The first-order valence-corrected chi connectivity index (χ1v) is 6.82. The van der Waals surface area contributed by atoms with Gasteiger partial charge in [-0.2, -0.15) is 0 Å². The van der Waals surface area contributed by atoms with Gasteiger partial charge in [0.2, 0.25) is 0 Å². The minimum absolute atomic E-state index is 0.767. The van der Waals surface area contributed by atoms with Crippen molar-refractivity contribution >= 4 is 28.1 Å². The van der Waals surface area contributed by atoms with Gasteiger partial charge in [0.15, 0.2) is 0 Å². The Kier molecular flexibility index (Phi) is 3.08. The van der Waals surface area contributed by atoms with Crippen molar-refractivity contribution in [3.05, 3.63) is 47.5 Å². The van der Waals surface area contributed by atoms with Gasteiger partial charge in [-0.05, 0) is 36.6 Å². The summed E-state index contributed by atoms with van der Waals surface area (Å²) < 4.78 is 0. The molecule has 0 bridgehead atoms. The lowest BCUT2D eigenvalue weighted by Crippen LogP contribution is -1.90. The number of para-hydroxylation sites is 1. The van der Waals surface area contributed by atoms with Crippen LogP contribution in [0.15, 0.2) is 36.4 Å². The van der Waals surface area contributed by atoms with Crippen LogP contribution in [0.25, 0.3) is 21.8 Å². The van der Waals surface area contributed by atoms with Crippen molar-refractivity contribution in [1.82, 2.24) is 4.98 Å². The monoisotopic (exact) mass is 251 g/mol. The summed E-state index contributed by atoms with van der Waals surface area (Å²) in [4.78, 5) is 14.6. The van der Waals surface area contributed by atoms with E-state index in [1.807, 2.05) is 24.3 Å². The first-order chi connectivity index (χ1) is 9.33. The predicted octanol–water partition coefficient (Wildman–Crippen LogP) is 4.48. The Balaban J connectivity index is 2.30. The third kappa shape index (κ3) is 2.03. The molecule has 0 atom stereocenters.